The highest BCUT2D eigenvalue weighted by molar-refractivity contribution is 7.13. The van der Waals surface area contributed by atoms with Crippen LogP contribution in [0, 0.1) is 6.92 Å². The van der Waals surface area contributed by atoms with Crippen LogP contribution in [-0.2, 0) is 16.1 Å². The summed E-state index contributed by atoms with van der Waals surface area (Å²) in [6.45, 7) is 3.25. The second-order valence-corrected chi connectivity index (χ2v) is 7.88. The van der Waals surface area contributed by atoms with Gasteiger partial charge in [-0.15, -0.1) is 11.3 Å². The number of aryl methyl sites for hydroxylation is 1. The summed E-state index contributed by atoms with van der Waals surface area (Å²) in [4.78, 5) is 37.3. The molecule has 0 aliphatic carbocycles. The fourth-order valence-electron chi connectivity index (χ4n) is 3.02. The maximum atomic E-state index is 12.4. The van der Waals surface area contributed by atoms with E-state index in [-0.39, 0.29) is 47.2 Å². The number of carbonyl (C=O) groups excluding carboxylic acids is 2. The Labute approximate surface area is 191 Å². The highest BCUT2D eigenvalue weighted by Gasteiger charge is 2.24. The fraction of sp³-hybridized carbons (Fsp3) is 0.190. The first-order valence-corrected chi connectivity index (χ1v) is 10.7. The first-order chi connectivity index (χ1) is 15.4. The number of furan rings is 1. The van der Waals surface area contributed by atoms with Crippen molar-refractivity contribution in [2.45, 2.75) is 20.5 Å². The molecule has 0 unspecified atom stereocenters. The molecule has 3 aromatic heterocycles. The summed E-state index contributed by atoms with van der Waals surface area (Å²) >= 11 is 7.30. The number of ether oxygens (including phenoxy) is 2. The van der Waals surface area contributed by atoms with Crippen molar-refractivity contribution in [1.82, 2.24) is 15.0 Å². The van der Waals surface area contributed by atoms with Gasteiger partial charge in [-0.3, -0.25) is 0 Å². The number of carbonyl (C=O) groups is 2. The van der Waals surface area contributed by atoms with Crippen molar-refractivity contribution >= 4 is 51.8 Å². The van der Waals surface area contributed by atoms with E-state index in [0.717, 1.165) is 5.56 Å². The van der Waals surface area contributed by atoms with Gasteiger partial charge in [0.25, 0.3) is 0 Å². The number of thiazole rings is 1. The molecule has 0 aliphatic rings. The van der Waals surface area contributed by atoms with Gasteiger partial charge >= 0.3 is 11.9 Å². The van der Waals surface area contributed by atoms with Gasteiger partial charge < -0.3 is 19.6 Å². The minimum atomic E-state index is -0.639. The SMILES string of the molecule is CCOC(=O)c1c(C)oc2nc(COC(=O)c3csc(-c4cccc(Cl)c4)n3)nc(N)c12. The van der Waals surface area contributed by atoms with E-state index in [0.29, 0.717) is 15.8 Å². The van der Waals surface area contributed by atoms with Crippen molar-refractivity contribution in [1.29, 1.82) is 0 Å². The van der Waals surface area contributed by atoms with E-state index in [1.807, 2.05) is 6.07 Å². The molecule has 2 N–H and O–H groups in total. The largest absolute Gasteiger partial charge is 0.462 e. The number of anilines is 1. The van der Waals surface area contributed by atoms with Crippen molar-refractivity contribution in [3.63, 3.8) is 0 Å². The van der Waals surface area contributed by atoms with E-state index in [9.17, 15) is 9.59 Å². The van der Waals surface area contributed by atoms with Gasteiger partial charge in [0.1, 0.15) is 22.1 Å². The molecule has 1 aromatic carbocycles. The van der Waals surface area contributed by atoms with Crippen LogP contribution in [0.1, 0.15) is 39.4 Å². The summed E-state index contributed by atoms with van der Waals surface area (Å²) in [6.07, 6.45) is 0. The van der Waals surface area contributed by atoms with Crippen molar-refractivity contribution in [2.75, 3.05) is 12.3 Å². The highest BCUT2D eigenvalue weighted by atomic mass is 35.5. The lowest BCUT2D eigenvalue weighted by Gasteiger charge is -2.04. The molecule has 0 spiro atoms. The Balaban J connectivity index is 1.51. The summed E-state index contributed by atoms with van der Waals surface area (Å²) in [5.74, 6) is -0.753. The van der Waals surface area contributed by atoms with Crippen LogP contribution in [0.2, 0.25) is 5.02 Å². The molecule has 4 aromatic rings. The first-order valence-electron chi connectivity index (χ1n) is 9.48. The number of rotatable bonds is 6. The number of fused-ring (bicyclic) bond motifs is 1. The Morgan fingerprint density at radius 3 is 2.75 bits per heavy atom. The third-order valence-electron chi connectivity index (χ3n) is 4.40. The normalized spacial score (nSPS) is 11.0. The summed E-state index contributed by atoms with van der Waals surface area (Å²) in [7, 11) is 0. The van der Waals surface area contributed by atoms with Crippen LogP contribution >= 0.6 is 22.9 Å². The monoisotopic (exact) mass is 472 g/mol. The molecule has 0 aliphatic heterocycles. The van der Waals surface area contributed by atoms with Gasteiger partial charge in [0.15, 0.2) is 18.1 Å². The second-order valence-electron chi connectivity index (χ2n) is 6.58. The number of nitrogens with two attached hydrogens (primary N) is 1. The van der Waals surface area contributed by atoms with E-state index >= 15 is 0 Å². The van der Waals surface area contributed by atoms with Gasteiger partial charge in [0.05, 0.1) is 12.0 Å². The summed E-state index contributed by atoms with van der Waals surface area (Å²) in [5, 5.41) is 3.07. The van der Waals surface area contributed by atoms with Crippen LogP contribution in [-0.4, -0.2) is 33.5 Å². The van der Waals surface area contributed by atoms with Gasteiger partial charge in [-0.05, 0) is 26.0 Å². The zero-order valence-corrected chi connectivity index (χ0v) is 18.6. The van der Waals surface area contributed by atoms with Gasteiger partial charge in [-0.1, -0.05) is 23.7 Å². The number of esters is 2. The third kappa shape index (κ3) is 4.27. The van der Waals surface area contributed by atoms with E-state index < -0.39 is 11.9 Å². The van der Waals surface area contributed by atoms with E-state index in [4.69, 9.17) is 31.2 Å². The molecule has 4 rings (SSSR count). The molecule has 164 valence electrons. The van der Waals surface area contributed by atoms with Crippen LogP contribution in [0.15, 0.2) is 34.1 Å². The Kier molecular flexibility index (Phi) is 6.06. The quantitative estimate of drug-likeness (QED) is 0.405. The van der Waals surface area contributed by atoms with Crippen molar-refractivity contribution in [3.05, 3.63) is 57.5 Å². The molecular formula is C21H17ClN4O5S. The van der Waals surface area contributed by atoms with Gasteiger partial charge in [0.2, 0.25) is 5.71 Å². The summed E-state index contributed by atoms with van der Waals surface area (Å²) < 4.78 is 15.9. The molecular weight excluding hydrogens is 456 g/mol. The molecule has 3 heterocycles. The van der Waals surface area contributed by atoms with Crippen LogP contribution < -0.4 is 5.73 Å². The average molecular weight is 473 g/mol. The topological polar surface area (TPSA) is 130 Å². The number of halogens is 1. The molecule has 0 saturated carbocycles. The van der Waals surface area contributed by atoms with E-state index in [1.165, 1.54) is 11.3 Å². The molecule has 0 saturated heterocycles. The third-order valence-corrected chi connectivity index (χ3v) is 5.53. The van der Waals surface area contributed by atoms with Crippen molar-refractivity contribution in [3.8, 4) is 10.6 Å². The lowest BCUT2D eigenvalue weighted by atomic mass is 10.2. The first kappa shape index (κ1) is 21.7. The molecule has 11 heteroatoms. The minimum absolute atomic E-state index is 0.0258. The lowest BCUT2D eigenvalue weighted by Crippen LogP contribution is -2.10. The van der Waals surface area contributed by atoms with Crippen molar-refractivity contribution in [2.24, 2.45) is 0 Å². The van der Waals surface area contributed by atoms with Gasteiger partial charge in [0, 0.05) is 16.0 Å². The van der Waals surface area contributed by atoms with E-state index in [2.05, 4.69) is 15.0 Å². The van der Waals surface area contributed by atoms with Crippen LogP contribution in [0.25, 0.3) is 21.7 Å². The highest BCUT2D eigenvalue weighted by Crippen LogP contribution is 2.29. The Morgan fingerprint density at radius 2 is 2.00 bits per heavy atom. The predicted molar refractivity (Wildman–Crippen MR) is 119 cm³/mol. The smallest absolute Gasteiger partial charge is 0.358 e. The molecule has 0 amide bonds. The Morgan fingerprint density at radius 1 is 1.19 bits per heavy atom. The number of benzene rings is 1. The number of aromatic nitrogens is 3. The summed E-state index contributed by atoms with van der Waals surface area (Å²) in [5.41, 5.74) is 7.26. The predicted octanol–water partition coefficient (Wildman–Crippen LogP) is 4.42. The molecule has 32 heavy (non-hydrogen) atoms. The number of nitrogens with zero attached hydrogens (tertiary/aromatic N) is 3. The van der Waals surface area contributed by atoms with Crippen molar-refractivity contribution < 1.29 is 23.5 Å². The van der Waals surface area contributed by atoms with Crippen LogP contribution in [0.5, 0.6) is 0 Å². The van der Waals surface area contributed by atoms with Gasteiger partial charge in [-0.25, -0.2) is 19.6 Å². The number of hydrogen-bond acceptors (Lipinski definition) is 10. The van der Waals surface area contributed by atoms with E-state index in [1.54, 1.807) is 37.4 Å². The minimum Gasteiger partial charge on any atom is -0.462 e. The summed E-state index contributed by atoms with van der Waals surface area (Å²) in [6, 6.07) is 7.17. The Hall–Kier alpha value is -3.50. The maximum Gasteiger partial charge on any atom is 0.358 e. The zero-order valence-electron chi connectivity index (χ0n) is 17.0. The second kappa shape index (κ2) is 8.93. The van der Waals surface area contributed by atoms with Gasteiger partial charge in [-0.2, -0.15) is 4.98 Å². The Bertz CT molecular complexity index is 1330. The molecule has 0 bridgehead atoms. The number of hydrogen-bond donors (Lipinski definition) is 1. The fourth-order valence-corrected chi connectivity index (χ4v) is 4.00. The molecule has 0 fully saturated rings. The van der Waals surface area contributed by atoms with Crippen LogP contribution in [0.3, 0.4) is 0 Å². The zero-order chi connectivity index (χ0) is 22.8. The maximum absolute atomic E-state index is 12.4. The molecule has 0 atom stereocenters. The average Bonchev–Trinajstić information content (AvgIpc) is 3.37. The molecule has 0 radical (unpaired) electrons. The number of nitrogen functional groups attached to an aromatic ring is 1. The molecule has 9 nitrogen and oxygen atoms in total. The lowest BCUT2D eigenvalue weighted by molar-refractivity contribution is 0.0455. The van der Waals surface area contributed by atoms with Crippen LogP contribution in [0.4, 0.5) is 5.82 Å². The standard InChI is InChI=1S/C21H17ClN4O5S/c1-3-29-21(28)15-10(2)31-18-16(15)17(23)25-14(26-18)8-30-20(27)13-9-32-19(24-13)11-5-4-6-12(22)7-11/h4-7,9H,3,8H2,1-2H3,(H2,23,25,26).